The maximum absolute atomic E-state index is 12.3. The molecule has 0 saturated carbocycles. The van der Waals surface area contributed by atoms with Gasteiger partial charge < -0.3 is 10.1 Å². The maximum Gasteiger partial charge on any atom is 0.228 e. The van der Waals surface area contributed by atoms with Crippen LogP contribution in [0.3, 0.4) is 0 Å². The molecule has 0 fully saturated rings. The lowest BCUT2D eigenvalue weighted by Crippen LogP contribution is -2.14. The van der Waals surface area contributed by atoms with E-state index in [2.05, 4.69) is 17.2 Å². The van der Waals surface area contributed by atoms with Gasteiger partial charge >= 0.3 is 0 Å². The van der Waals surface area contributed by atoms with Crippen LogP contribution < -0.4 is 10.1 Å². The highest BCUT2D eigenvalue weighted by molar-refractivity contribution is 6.03. The molecule has 2 aromatic carbocycles. The number of anilines is 1. The molecule has 1 N–H and O–H groups in total. The third-order valence-electron chi connectivity index (χ3n) is 3.68. The van der Waals surface area contributed by atoms with E-state index in [0.717, 1.165) is 34.3 Å². The van der Waals surface area contributed by atoms with Crippen LogP contribution in [0.25, 0.3) is 10.9 Å². The Hall–Kier alpha value is -2.88. The molecule has 0 aliphatic carbocycles. The fourth-order valence-corrected chi connectivity index (χ4v) is 2.56. The van der Waals surface area contributed by atoms with Gasteiger partial charge in [-0.05, 0) is 36.2 Å². The summed E-state index contributed by atoms with van der Waals surface area (Å²) in [7, 11) is 0. The number of hydrogen-bond donors (Lipinski definition) is 1. The molecule has 0 saturated heterocycles. The molecule has 3 rings (SSSR count). The topological polar surface area (TPSA) is 51.2 Å². The number of carbonyl (C=O) groups is 1. The van der Waals surface area contributed by atoms with Gasteiger partial charge in [0.15, 0.2) is 0 Å². The Bertz CT molecular complexity index is 831. The highest BCUT2D eigenvalue weighted by Gasteiger charge is 2.11. The van der Waals surface area contributed by atoms with Gasteiger partial charge in [0.05, 0.1) is 18.7 Å². The lowest BCUT2D eigenvalue weighted by molar-refractivity contribution is -0.115. The van der Waals surface area contributed by atoms with Gasteiger partial charge in [0.1, 0.15) is 11.3 Å². The first-order chi connectivity index (χ1) is 11.8. The van der Waals surface area contributed by atoms with Gasteiger partial charge in [0, 0.05) is 11.6 Å². The number of rotatable bonds is 6. The van der Waals surface area contributed by atoms with Crippen molar-refractivity contribution in [2.75, 3.05) is 11.9 Å². The molecule has 0 radical (unpaired) electrons. The molecule has 0 unspecified atom stereocenters. The van der Waals surface area contributed by atoms with Crippen LogP contribution in [0.5, 0.6) is 5.75 Å². The number of nitrogens with one attached hydrogen (secondary N) is 1. The van der Waals surface area contributed by atoms with Gasteiger partial charge in [-0.15, -0.1) is 0 Å². The minimum absolute atomic E-state index is 0.0476. The van der Waals surface area contributed by atoms with E-state index < -0.39 is 0 Å². The van der Waals surface area contributed by atoms with Crippen LogP contribution >= 0.6 is 0 Å². The number of amides is 1. The Kier molecular flexibility index (Phi) is 5.06. The second kappa shape index (κ2) is 7.59. The monoisotopic (exact) mass is 320 g/mol. The molecule has 0 bridgehead atoms. The van der Waals surface area contributed by atoms with Crippen molar-refractivity contribution < 1.29 is 9.53 Å². The molecular weight excluding hydrogens is 300 g/mol. The lowest BCUT2D eigenvalue weighted by atomic mass is 10.1. The summed E-state index contributed by atoms with van der Waals surface area (Å²) >= 11 is 0. The maximum atomic E-state index is 12.3. The molecular formula is C20H20N2O2. The number of benzene rings is 2. The van der Waals surface area contributed by atoms with Crippen molar-refractivity contribution >= 4 is 22.5 Å². The molecule has 4 heteroatoms. The van der Waals surface area contributed by atoms with Crippen molar-refractivity contribution in [2.45, 2.75) is 19.8 Å². The normalized spacial score (nSPS) is 10.5. The third kappa shape index (κ3) is 3.71. The average molecular weight is 320 g/mol. The van der Waals surface area contributed by atoms with Crippen LogP contribution in [0.2, 0.25) is 0 Å². The van der Waals surface area contributed by atoms with Gasteiger partial charge in [-0.1, -0.05) is 37.3 Å². The zero-order valence-electron chi connectivity index (χ0n) is 13.7. The first-order valence-electron chi connectivity index (χ1n) is 8.12. The van der Waals surface area contributed by atoms with Crippen LogP contribution in [0.15, 0.2) is 60.8 Å². The molecule has 4 nitrogen and oxygen atoms in total. The predicted molar refractivity (Wildman–Crippen MR) is 96.3 cm³/mol. The van der Waals surface area contributed by atoms with E-state index in [9.17, 15) is 4.79 Å². The van der Waals surface area contributed by atoms with E-state index in [1.165, 1.54) is 0 Å². The molecule has 122 valence electrons. The third-order valence-corrected chi connectivity index (χ3v) is 3.68. The predicted octanol–water partition coefficient (Wildman–Crippen LogP) is 4.20. The lowest BCUT2D eigenvalue weighted by Gasteiger charge is -2.12. The number of ether oxygens (including phenoxy) is 1. The van der Waals surface area contributed by atoms with E-state index in [4.69, 9.17) is 4.74 Å². The van der Waals surface area contributed by atoms with Gasteiger partial charge in [-0.2, -0.15) is 0 Å². The fourth-order valence-electron chi connectivity index (χ4n) is 2.56. The van der Waals surface area contributed by atoms with Crippen LogP contribution in [0, 0.1) is 0 Å². The molecule has 1 amide bonds. The number of fused-ring (bicyclic) bond motifs is 1. The quantitative estimate of drug-likeness (QED) is 0.740. The molecule has 0 aliphatic heterocycles. The van der Waals surface area contributed by atoms with Crippen LogP contribution in [0.1, 0.15) is 18.9 Å². The summed E-state index contributed by atoms with van der Waals surface area (Å²) in [5, 5.41) is 3.86. The number of pyridine rings is 1. The molecule has 3 aromatic rings. The summed E-state index contributed by atoms with van der Waals surface area (Å²) < 4.78 is 5.75. The summed E-state index contributed by atoms with van der Waals surface area (Å²) in [5.74, 6) is 0.696. The Labute approximate surface area is 141 Å². The second-order valence-electron chi connectivity index (χ2n) is 5.57. The van der Waals surface area contributed by atoms with E-state index in [1.54, 1.807) is 6.20 Å². The largest absolute Gasteiger partial charge is 0.491 e. The zero-order chi connectivity index (χ0) is 16.8. The van der Waals surface area contributed by atoms with Crippen molar-refractivity contribution in [3.05, 3.63) is 66.4 Å². The second-order valence-corrected chi connectivity index (χ2v) is 5.57. The molecule has 0 atom stereocenters. The first-order valence-corrected chi connectivity index (χ1v) is 8.12. The summed E-state index contributed by atoms with van der Waals surface area (Å²) in [5.41, 5.74) is 2.51. The summed E-state index contributed by atoms with van der Waals surface area (Å²) in [6, 6.07) is 17.2. The summed E-state index contributed by atoms with van der Waals surface area (Å²) in [6.07, 6.45) is 3.01. The summed E-state index contributed by atoms with van der Waals surface area (Å²) in [6.45, 7) is 2.71. The molecule has 0 spiro atoms. The number of nitrogens with zero attached hydrogens (tertiary/aromatic N) is 1. The minimum Gasteiger partial charge on any atom is -0.491 e. The molecule has 24 heavy (non-hydrogen) atoms. The first kappa shape index (κ1) is 16.0. The Morgan fingerprint density at radius 2 is 1.92 bits per heavy atom. The van der Waals surface area contributed by atoms with Gasteiger partial charge in [0.2, 0.25) is 5.91 Å². The Balaban J connectivity index is 1.83. The van der Waals surface area contributed by atoms with E-state index in [-0.39, 0.29) is 5.91 Å². The number of hydrogen-bond acceptors (Lipinski definition) is 3. The van der Waals surface area contributed by atoms with Gasteiger partial charge in [-0.25, -0.2) is 0 Å². The smallest absolute Gasteiger partial charge is 0.228 e. The average Bonchev–Trinajstić information content (AvgIpc) is 2.62. The van der Waals surface area contributed by atoms with Crippen molar-refractivity contribution in [1.82, 2.24) is 4.98 Å². The Morgan fingerprint density at radius 1 is 1.08 bits per heavy atom. The Morgan fingerprint density at radius 3 is 2.71 bits per heavy atom. The molecule has 1 heterocycles. The van der Waals surface area contributed by atoms with Gasteiger partial charge in [0.25, 0.3) is 0 Å². The summed E-state index contributed by atoms with van der Waals surface area (Å²) in [4.78, 5) is 16.7. The van der Waals surface area contributed by atoms with Crippen LogP contribution in [0.4, 0.5) is 5.69 Å². The van der Waals surface area contributed by atoms with E-state index in [1.807, 2.05) is 54.6 Å². The van der Waals surface area contributed by atoms with Gasteiger partial charge in [-0.3, -0.25) is 9.78 Å². The molecule has 1 aromatic heterocycles. The van der Waals surface area contributed by atoms with Crippen molar-refractivity contribution in [2.24, 2.45) is 0 Å². The van der Waals surface area contributed by atoms with Crippen molar-refractivity contribution in [3.8, 4) is 5.75 Å². The molecule has 0 aliphatic rings. The number of aromatic nitrogens is 1. The van der Waals surface area contributed by atoms with E-state index in [0.29, 0.717) is 13.0 Å². The standard InChI is InChI=1S/C20H20N2O2/c1-2-13-24-18-11-10-17(16-9-6-12-21-20(16)18)22-19(23)14-15-7-4-3-5-8-15/h3-12H,2,13-14H2,1H3,(H,22,23). The van der Waals surface area contributed by atoms with E-state index >= 15 is 0 Å². The van der Waals surface area contributed by atoms with Crippen LogP contribution in [-0.2, 0) is 11.2 Å². The highest BCUT2D eigenvalue weighted by atomic mass is 16.5. The number of carbonyl (C=O) groups excluding carboxylic acids is 1. The fraction of sp³-hybridized carbons (Fsp3) is 0.200. The van der Waals surface area contributed by atoms with Crippen molar-refractivity contribution in [3.63, 3.8) is 0 Å². The highest BCUT2D eigenvalue weighted by Crippen LogP contribution is 2.30. The zero-order valence-corrected chi connectivity index (χ0v) is 13.7. The SMILES string of the molecule is CCCOc1ccc(NC(=O)Cc2ccccc2)c2cccnc12. The van der Waals surface area contributed by atoms with Crippen molar-refractivity contribution in [1.29, 1.82) is 0 Å². The van der Waals surface area contributed by atoms with Crippen LogP contribution in [-0.4, -0.2) is 17.5 Å². The minimum atomic E-state index is -0.0476.